The molecule has 0 heterocycles. The van der Waals surface area contributed by atoms with Crippen LogP contribution in [0.5, 0.6) is 0 Å². The Kier molecular flexibility index (Phi) is 4.55. The lowest BCUT2D eigenvalue weighted by Gasteiger charge is -2.19. The van der Waals surface area contributed by atoms with Gasteiger partial charge in [-0.25, -0.2) is 5.43 Å². The van der Waals surface area contributed by atoms with E-state index in [0.717, 1.165) is 0 Å². The summed E-state index contributed by atoms with van der Waals surface area (Å²) in [6.45, 7) is 3.76. The molecule has 12 heavy (non-hydrogen) atoms. The zero-order chi connectivity index (χ0) is 9.78. The average molecular weight is 184 g/mol. The number of halogens is 3. The van der Waals surface area contributed by atoms with Crippen LogP contribution >= 0.6 is 0 Å². The third-order valence-electron chi connectivity index (χ3n) is 1.63. The smallest absolute Gasteiger partial charge is 0.271 e. The van der Waals surface area contributed by atoms with Crippen LogP contribution in [0.1, 0.15) is 26.7 Å². The van der Waals surface area contributed by atoms with Crippen LogP contribution < -0.4 is 11.3 Å². The van der Waals surface area contributed by atoms with Crippen LogP contribution in [0.15, 0.2) is 0 Å². The molecule has 0 radical (unpaired) electrons. The SMILES string of the molecule is CC(C)CCC(NN)C(F)(F)F. The van der Waals surface area contributed by atoms with Gasteiger partial charge in [0.15, 0.2) is 0 Å². The summed E-state index contributed by atoms with van der Waals surface area (Å²) in [6, 6.07) is -1.57. The van der Waals surface area contributed by atoms with E-state index in [1.54, 1.807) is 5.43 Å². The maximum absolute atomic E-state index is 12.0. The standard InChI is InChI=1S/C7H15F3N2/c1-5(2)3-4-6(12-11)7(8,9)10/h5-6,12H,3-4,11H2,1-2H3. The van der Waals surface area contributed by atoms with E-state index >= 15 is 0 Å². The molecule has 0 aliphatic rings. The van der Waals surface area contributed by atoms with E-state index in [1.807, 2.05) is 13.8 Å². The summed E-state index contributed by atoms with van der Waals surface area (Å²) in [6.07, 6.45) is -3.67. The number of hydrogen-bond donors (Lipinski definition) is 2. The van der Waals surface area contributed by atoms with E-state index in [2.05, 4.69) is 0 Å². The van der Waals surface area contributed by atoms with Gasteiger partial charge in [0, 0.05) is 0 Å². The Bertz CT molecular complexity index is 122. The van der Waals surface area contributed by atoms with Gasteiger partial charge in [0.2, 0.25) is 0 Å². The molecule has 0 spiro atoms. The predicted octanol–water partition coefficient (Wildman–Crippen LogP) is 1.82. The number of nitrogens with two attached hydrogens (primary N) is 1. The third-order valence-corrected chi connectivity index (χ3v) is 1.63. The Morgan fingerprint density at radius 3 is 2.00 bits per heavy atom. The molecule has 0 aliphatic carbocycles. The second kappa shape index (κ2) is 4.67. The van der Waals surface area contributed by atoms with Crippen molar-refractivity contribution < 1.29 is 13.2 Å². The van der Waals surface area contributed by atoms with Crippen LogP contribution in [0, 0.1) is 5.92 Å². The monoisotopic (exact) mass is 184 g/mol. The van der Waals surface area contributed by atoms with Crippen molar-refractivity contribution in [3.8, 4) is 0 Å². The molecule has 3 N–H and O–H groups in total. The minimum Gasteiger partial charge on any atom is -0.271 e. The molecule has 0 aromatic heterocycles. The summed E-state index contributed by atoms with van der Waals surface area (Å²) in [7, 11) is 0. The summed E-state index contributed by atoms with van der Waals surface area (Å²) < 4.78 is 36.1. The molecule has 0 fully saturated rings. The van der Waals surface area contributed by atoms with Crippen molar-refractivity contribution in [3.05, 3.63) is 0 Å². The Balaban J connectivity index is 3.84. The maximum Gasteiger partial charge on any atom is 0.405 e. The summed E-state index contributed by atoms with van der Waals surface area (Å²) >= 11 is 0. The topological polar surface area (TPSA) is 38.0 Å². The van der Waals surface area contributed by atoms with Crippen molar-refractivity contribution in [1.82, 2.24) is 5.43 Å². The van der Waals surface area contributed by atoms with Gasteiger partial charge >= 0.3 is 6.18 Å². The van der Waals surface area contributed by atoms with Crippen molar-refractivity contribution in [3.63, 3.8) is 0 Å². The quantitative estimate of drug-likeness (QED) is 0.516. The molecule has 0 amide bonds. The zero-order valence-electron chi connectivity index (χ0n) is 7.28. The van der Waals surface area contributed by atoms with Gasteiger partial charge in [-0.15, -0.1) is 0 Å². The second-order valence-corrected chi connectivity index (χ2v) is 3.23. The first-order valence-electron chi connectivity index (χ1n) is 3.90. The normalized spacial score (nSPS) is 15.2. The molecule has 0 aliphatic heterocycles. The van der Waals surface area contributed by atoms with E-state index in [9.17, 15) is 13.2 Å². The fraction of sp³-hybridized carbons (Fsp3) is 1.00. The minimum atomic E-state index is -4.23. The van der Waals surface area contributed by atoms with E-state index in [0.29, 0.717) is 6.42 Å². The second-order valence-electron chi connectivity index (χ2n) is 3.23. The molecule has 2 nitrogen and oxygen atoms in total. The molecule has 0 saturated carbocycles. The highest BCUT2D eigenvalue weighted by Crippen LogP contribution is 2.23. The minimum absolute atomic E-state index is 0.0394. The van der Waals surface area contributed by atoms with Gasteiger partial charge in [0.25, 0.3) is 0 Å². The van der Waals surface area contributed by atoms with Crippen LogP contribution in [0.25, 0.3) is 0 Å². The molecule has 74 valence electrons. The molecule has 1 atom stereocenters. The summed E-state index contributed by atoms with van der Waals surface area (Å²) in [4.78, 5) is 0. The number of rotatable bonds is 4. The van der Waals surface area contributed by atoms with E-state index < -0.39 is 12.2 Å². The van der Waals surface area contributed by atoms with Gasteiger partial charge in [-0.2, -0.15) is 13.2 Å². The fourth-order valence-electron chi connectivity index (χ4n) is 0.841. The number of hydrazine groups is 1. The lowest BCUT2D eigenvalue weighted by molar-refractivity contribution is -0.158. The molecule has 0 rings (SSSR count). The third kappa shape index (κ3) is 4.56. The average Bonchev–Trinajstić information content (AvgIpc) is 1.85. The molecule has 0 bridgehead atoms. The van der Waals surface area contributed by atoms with Crippen LogP contribution in [0.3, 0.4) is 0 Å². The number of hydrogen-bond acceptors (Lipinski definition) is 2. The van der Waals surface area contributed by atoms with E-state index in [1.165, 1.54) is 0 Å². The highest BCUT2D eigenvalue weighted by molar-refractivity contribution is 4.72. The van der Waals surface area contributed by atoms with E-state index in [-0.39, 0.29) is 12.3 Å². The molecule has 5 heteroatoms. The first-order valence-corrected chi connectivity index (χ1v) is 3.90. The van der Waals surface area contributed by atoms with Crippen LogP contribution in [-0.2, 0) is 0 Å². The van der Waals surface area contributed by atoms with Crippen molar-refractivity contribution in [2.45, 2.75) is 38.9 Å². The highest BCUT2D eigenvalue weighted by atomic mass is 19.4. The zero-order valence-corrected chi connectivity index (χ0v) is 7.28. The van der Waals surface area contributed by atoms with Crippen LogP contribution in [0.2, 0.25) is 0 Å². The molecule has 0 aromatic rings. The molecular weight excluding hydrogens is 169 g/mol. The molecule has 1 unspecified atom stereocenters. The van der Waals surface area contributed by atoms with Crippen LogP contribution in [0.4, 0.5) is 13.2 Å². The molecule has 0 saturated heterocycles. The number of alkyl halides is 3. The Morgan fingerprint density at radius 1 is 1.25 bits per heavy atom. The van der Waals surface area contributed by atoms with Gasteiger partial charge in [-0.05, 0) is 18.8 Å². The molecule has 0 aromatic carbocycles. The Labute approximate surface area is 70.3 Å². The summed E-state index contributed by atoms with van der Waals surface area (Å²) in [5, 5.41) is 0. The summed E-state index contributed by atoms with van der Waals surface area (Å²) in [5.74, 6) is 5.04. The van der Waals surface area contributed by atoms with E-state index in [4.69, 9.17) is 5.84 Å². The first-order chi connectivity index (χ1) is 5.38. The van der Waals surface area contributed by atoms with Gasteiger partial charge in [0.05, 0.1) is 0 Å². The molecular formula is C7H15F3N2. The lowest BCUT2D eigenvalue weighted by Crippen LogP contribution is -2.46. The van der Waals surface area contributed by atoms with Crippen molar-refractivity contribution in [2.24, 2.45) is 11.8 Å². The largest absolute Gasteiger partial charge is 0.405 e. The van der Waals surface area contributed by atoms with Gasteiger partial charge in [-0.1, -0.05) is 13.8 Å². The van der Waals surface area contributed by atoms with Crippen molar-refractivity contribution >= 4 is 0 Å². The fourth-order valence-corrected chi connectivity index (χ4v) is 0.841. The first kappa shape index (κ1) is 11.7. The maximum atomic E-state index is 12.0. The van der Waals surface area contributed by atoms with Crippen molar-refractivity contribution in [1.29, 1.82) is 0 Å². The van der Waals surface area contributed by atoms with Gasteiger partial charge in [-0.3, -0.25) is 5.84 Å². The Hall–Kier alpha value is -0.290. The lowest BCUT2D eigenvalue weighted by atomic mass is 10.0. The van der Waals surface area contributed by atoms with Crippen molar-refractivity contribution in [2.75, 3.05) is 0 Å². The Morgan fingerprint density at radius 2 is 1.75 bits per heavy atom. The highest BCUT2D eigenvalue weighted by Gasteiger charge is 2.38. The summed E-state index contributed by atoms with van der Waals surface area (Å²) in [5.41, 5.74) is 1.77. The van der Waals surface area contributed by atoms with Gasteiger partial charge in [0.1, 0.15) is 6.04 Å². The van der Waals surface area contributed by atoms with Gasteiger partial charge < -0.3 is 0 Å². The predicted molar refractivity (Wildman–Crippen MR) is 41.2 cm³/mol. The van der Waals surface area contributed by atoms with Crippen LogP contribution in [-0.4, -0.2) is 12.2 Å². The number of nitrogens with one attached hydrogen (secondary N) is 1.